The van der Waals surface area contributed by atoms with Crippen molar-refractivity contribution >= 4 is 41.9 Å². The maximum atomic E-state index is 0. The second kappa shape index (κ2) is 20.4. The molecular weight excluding hydrogens is 102 g/mol. The van der Waals surface area contributed by atoms with E-state index >= 15 is 0 Å². The average molecular weight is 103 g/mol. The Bertz CT molecular complexity index is 6.00. The van der Waals surface area contributed by atoms with Crippen molar-refractivity contribution in [3.8, 4) is 0 Å². The zero-order valence-corrected chi connectivity index (χ0v) is 4.39. The molecule has 0 saturated carbocycles. The molecule has 0 saturated heterocycles. The van der Waals surface area contributed by atoms with E-state index < -0.39 is 0 Å². The maximum Gasteiger partial charge on any atom is 2.00 e. The minimum atomic E-state index is 0. The molecule has 0 unspecified atom stereocenters. The van der Waals surface area contributed by atoms with Crippen LogP contribution in [0.25, 0.3) is 0 Å². The second-order valence-electron chi connectivity index (χ2n) is 0. The van der Waals surface area contributed by atoms with E-state index in [9.17, 15) is 0 Å². The van der Waals surface area contributed by atoms with Gasteiger partial charge in [0.1, 0.15) is 0 Å². The van der Waals surface area contributed by atoms with Crippen molar-refractivity contribution in [1.82, 2.24) is 0 Å². The van der Waals surface area contributed by atoms with Crippen molar-refractivity contribution in [3.63, 3.8) is 0 Å². The first-order valence-corrected chi connectivity index (χ1v) is 0. The van der Waals surface area contributed by atoms with Crippen LogP contribution in [0, 0.1) is 0 Å². The maximum absolute atomic E-state index is 0. The van der Waals surface area contributed by atoms with Gasteiger partial charge in [-0.05, 0) is 0 Å². The monoisotopic (exact) mass is 102 g/mol. The summed E-state index contributed by atoms with van der Waals surface area (Å²) in [5.74, 6) is 0. The Morgan fingerprint density at radius 2 is 0.750 bits per heavy atom. The van der Waals surface area contributed by atoms with Crippen LogP contribution in [-0.2, 0) is 0 Å². The fourth-order valence-corrected chi connectivity index (χ4v) is 0. The Hall–Kier alpha value is 1.94. The van der Waals surface area contributed by atoms with Crippen molar-refractivity contribution in [3.05, 3.63) is 0 Å². The zero-order chi connectivity index (χ0) is 0. The molecule has 0 aliphatic carbocycles. The summed E-state index contributed by atoms with van der Waals surface area (Å²) in [7, 11) is 0. The van der Waals surface area contributed by atoms with Crippen LogP contribution < -0.4 is 24.8 Å². The van der Waals surface area contributed by atoms with Crippen molar-refractivity contribution in [2.75, 3.05) is 0 Å². The molecule has 0 aromatic heterocycles. The summed E-state index contributed by atoms with van der Waals surface area (Å²) in [5, 5.41) is 0. The molecule has 0 atom stereocenters. The van der Waals surface area contributed by atoms with Crippen LogP contribution >= 0.6 is 0 Å². The fourth-order valence-electron chi connectivity index (χ4n) is 0. The first-order valence-electron chi connectivity index (χ1n) is 0. The minimum absolute atomic E-state index is 0. The molecule has 0 aliphatic rings. The number of rotatable bonds is 0. The SMILES string of the molecule is [Cl-].[Cl-].[LiH].[Mg+2]. The zero-order valence-electron chi connectivity index (χ0n) is 1.46. The largest absolute Gasteiger partial charge is 2.00 e. The Morgan fingerprint density at radius 3 is 0.750 bits per heavy atom. The van der Waals surface area contributed by atoms with E-state index in [1.54, 1.807) is 0 Å². The van der Waals surface area contributed by atoms with Gasteiger partial charge in [-0.3, -0.25) is 0 Å². The van der Waals surface area contributed by atoms with Crippen molar-refractivity contribution in [2.45, 2.75) is 0 Å². The van der Waals surface area contributed by atoms with Gasteiger partial charge >= 0.3 is 41.9 Å². The van der Waals surface area contributed by atoms with Gasteiger partial charge in [0.05, 0.1) is 0 Å². The molecule has 0 nitrogen and oxygen atoms in total. The quantitative estimate of drug-likeness (QED) is 0.267. The Morgan fingerprint density at radius 1 is 0.750 bits per heavy atom. The van der Waals surface area contributed by atoms with Crippen LogP contribution in [0.15, 0.2) is 0 Å². The summed E-state index contributed by atoms with van der Waals surface area (Å²) in [4.78, 5) is 0. The molecule has 18 valence electrons. The molecule has 0 aromatic rings. The van der Waals surface area contributed by atoms with E-state index in [1.165, 1.54) is 0 Å². The standard InChI is InChI=1S/2ClH.Li.Mg.H/h2*1H;;;/q;;;+2;/p-2. The van der Waals surface area contributed by atoms with Gasteiger partial charge in [0.25, 0.3) is 0 Å². The van der Waals surface area contributed by atoms with E-state index in [0.29, 0.717) is 0 Å². The average Bonchev–Trinajstić information content (AvgIpc) is 0. The smallest absolute Gasteiger partial charge is 2.00 e. The third-order valence-electron chi connectivity index (χ3n) is 0. The molecule has 0 aromatic carbocycles. The van der Waals surface area contributed by atoms with E-state index in [-0.39, 0.29) is 66.7 Å². The van der Waals surface area contributed by atoms with E-state index in [2.05, 4.69) is 0 Å². The second-order valence-corrected chi connectivity index (χ2v) is 0. The topological polar surface area (TPSA) is 0 Å². The minimum Gasteiger partial charge on any atom is 2.00 e. The molecule has 0 radical (unpaired) electrons. The van der Waals surface area contributed by atoms with Gasteiger partial charge in [-0.25, -0.2) is 0 Å². The Balaban J connectivity index is 0. The van der Waals surface area contributed by atoms with Gasteiger partial charge in [-0.2, -0.15) is 0 Å². The van der Waals surface area contributed by atoms with Gasteiger partial charge in [0, 0.05) is 0 Å². The first-order chi connectivity index (χ1) is 0. The Labute approximate surface area is 66.2 Å². The molecule has 0 fully saturated rings. The molecule has 0 rings (SSSR count). The molecule has 0 aliphatic heterocycles. The third kappa shape index (κ3) is 9.05. The number of halogens is 2. The van der Waals surface area contributed by atoms with Crippen LogP contribution in [-0.4, -0.2) is 41.9 Å². The third-order valence-corrected chi connectivity index (χ3v) is 0. The van der Waals surface area contributed by atoms with Crippen LogP contribution in [0.5, 0.6) is 0 Å². The molecule has 0 bridgehead atoms. The molecule has 0 amide bonds. The van der Waals surface area contributed by atoms with Crippen LogP contribution in [0.1, 0.15) is 0 Å². The fraction of sp³-hybridized carbons (Fsp3) is 0. The van der Waals surface area contributed by atoms with Crippen molar-refractivity contribution in [2.24, 2.45) is 0 Å². The van der Waals surface area contributed by atoms with Crippen molar-refractivity contribution < 1.29 is 24.8 Å². The molecular formula is HCl2LiMg. The van der Waals surface area contributed by atoms with Crippen LogP contribution in [0.2, 0.25) is 0 Å². The van der Waals surface area contributed by atoms with E-state index in [4.69, 9.17) is 0 Å². The van der Waals surface area contributed by atoms with Crippen molar-refractivity contribution in [1.29, 1.82) is 0 Å². The summed E-state index contributed by atoms with van der Waals surface area (Å²) in [6.45, 7) is 0. The van der Waals surface area contributed by atoms with Gasteiger partial charge in [0.2, 0.25) is 0 Å². The predicted octanol–water partition coefficient (Wildman–Crippen LogP) is -7.02. The summed E-state index contributed by atoms with van der Waals surface area (Å²) in [6, 6.07) is 0. The summed E-state index contributed by atoms with van der Waals surface area (Å²) in [5.41, 5.74) is 0. The summed E-state index contributed by atoms with van der Waals surface area (Å²) in [6.07, 6.45) is 0. The molecule has 0 spiro atoms. The first kappa shape index (κ1) is 38.5. The van der Waals surface area contributed by atoms with Gasteiger partial charge in [-0.15, -0.1) is 0 Å². The van der Waals surface area contributed by atoms with Crippen LogP contribution in [0.3, 0.4) is 0 Å². The van der Waals surface area contributed by atoms with Crippen LogP contribution in [0.4, 0.5) is 0 Å². The Kier molecular flexibility index (Phi) is 196. The number of hydrogen-bond acceptors (Lipinski definition) is 0. The molecule has 0 heterocycles. The van der Waals surface area contributed by atoms with Gasteiger partial charge in [0.15, 0.2) is 0 Å². The summed E-state index contributed by atoms with van der Waals surface area (Å²) >= 11 is 0. The number of hydrogen-bond donors (Lipinski definition) is 0. The van der Waals surface area contributed by atoms with Gasteiger partial charge < -0.3 is 24.8 Å². The predicted molar refractivity (Wildman–Crippen MR) is 12.9 cm³/mol. The normalized spacial score (nSPS) is 0. The summed E-state index contributed by atoms with van der Waals surface area (Å²) < 4.78 is 0. The van der Waals surface area contributed by atoms with E-state index in [0.717, 1.165) is 0 Å². The molecule has 4 heteroatoms. The molecule has 0 N–H and O–H groups in total. The molecule has 4 heavy (non-hydrogen) atoms. The van der Waals surface area contributed by atoms with E-state index in [1.807, 2.05) is 0 Å². The van der Waals surface area contributed by atoms with Gasteiger partial charge in [-0.1, -0.05) is 0 Å².